The number of hydrogen-bond donors (Lipinski definition) is 6. The Balaban J connectivity index is -0.0000000481. The van der Waals surface area contributed by atoms with Crippen LogP contribution in [0, 0.1) is 0 Å². The third-order valence-electron chi connectivity index (χ3n) is 1.71. The van der Waals surface area contributed by atoms with Crippen molar-refractivity contribution in [3.63, 3.8) is 0 Å². The molecule has 0 saturated heterocycles. The van der Waals surface area contributed by atoms with Crippen molar-refractivity contribution >= 4 is 29.8 Å². The normalized spacial score (nSPS) is 12.8. The Bertz CT molecular complexity index is 403. The molecule has 0 spiro atoms. The summed E-state index contributed by atoms with van der Waals surface area (Å²) >= 11 is 0. The van der Waals surface area contributed by atoms with Gasteiger partial charge in [-0.05, 0) is 34.6 Å². The number of aliphatic carboxylic acids is 5. The molecule has 0 aromatic carbocycles. The molecule has 0 aliphatic rings. The molecule has 16 nitrogen and oxygen atoms in total. The maximum absolute atomic E-state index is 9.34. The van der Waals surface area contributed by atoms with E-state index in [4.69, 9.17) is 25.5 Å². The number of carboxylic acid groups (broad SMARTS) is 5. The first-order valence-corrected chi connectivity index (χ1v) is 7.66. The van der Waals surface area contributed by atoms with Crippen LogP contribution in [-0.4, -0.2) is 85.9 Å². The summed E-state index contributed by atoms with van der Waals surface area (Å²) in [5, 5.41) is 86.5. The summed E-state index contributed by atoms with van der Waals surface area (Å²) in [5.74, 6) is -7.18. The minimum Gasteiger partial charge on any atom is -0.547 e. The predicted molar refractivity (Wildman–Crippen MR) is 89.4 cm³/mol. The van der Waals surface area contributed by atoms with E-state index in [-0.39, 0.29) is 32.4 Å². The minimum absolute atomic E-state index is 0. The van der Waals surface area contributed by atoms with Crippen molar-refractivity contribution in [2.45, 2.75) is 65.1 Å². The molecule has 0 bridgehead atoms. The number of hydrogen-bond acceptors (Lipinski definition) is 15. The van der Waals surface area contributed by atoms with Gasteiger partial charge in [-0.2, -0.15) is 0 Å². The Morgan fingerprint density at radius 1 is 0.438 bits per heavy atom. The average molecular weight is 555 g/mol. The van der Waals surface area contributed by atoms with Crippen LogP contribution in [0.3, 0.4) is 0 Å². The van der Waals surface area contributed by atoms with E-state index in [9.17, 15) is 49.5 Å². The van der Waals surface area contributed by atoms with Crippen LogP contribution in [0.5, 0.6) is 0 Å². The number of carbonyl (C=O) groups is 5. The van der Waals surface area contributed by atoms with E-state index in [1.165, 1.54) is 0 Å². The maximum atomic E-state index is 9.34. The topological polar surface area (TPSA) is 338 Å². The van der Waals surface area contributed by atoms with Crippen molar-refractivity contribution in [1.29, 1.82) is 0 Å². The van der Waals surface area contributed by atoms with Crippen LogP contribution < -0.4 is 31.7 Å². The Labute approximate surface area is 202 Å². The van der Waals surface area contributed by atoms with Gasteiger partial charge in [-0.15, -0.1) is 0 Å². The number of carboxylic acids is 5. The zero-order valence-corrected chi connectivity index (χ0v) is 20.7. The quantitative estimate of drug-likeness (QED) is 0.184. The molecule has 0 aliphatic heterocycles. The van der Waals surface area contributed by atoms with Crippen LogP contribution in [0.2, 0.25) is 0 Å². The summed E-state index contributed by atoms with van der Waals surface area (Å²) in [5.41, 5.74) is 0. The number of quaternary nitrogens is 1. The molecule has 5 atom stereocenters. The monoisotopic (exact) mass is 553 g/mol. The fourth-order valence-corrected chi connectivity index (χ4v) is 0. The average Bonchev–Trinajstić information content (AvgIpc) is 2.56. The number of carbonyl (C=O) groups excluding carboxylic acids is 5. The Morgan fingerprint density at radius 2 is 0.469 bits per heavy atom. The molecule has 0 aromatic rings. The van der Waals surface area contributed by atoms with E-state index in [0.29, 0.717) is 0 Å². The molecule has 32 heavy (non-hydrogen) atoms. The molecule has 0 saturated carbocycles. The van der Waals surface area contributed by atoms with Gasteiger partial charge >= 0.3 is 26.2 Å². The van der Waals surface area contributed by atoms with E-state index in [2.05, 4.69) is 0 Å². The van der Waals surface area contributed by atoms with Crippen molar-refractivity contribution in [3.05, 3.63) is 0 Å². The molecule has 5 unspecified atom stereocenters. The van der Waals surface area contributed by atoms with Gasteiger partial charge in [0.05, 0.1) is 60.4 Å². The van der Waals surface area contributed by atoms with Crippen LogP contribution in [0.4, 0.5) is 0 Å². The van der Waals surface area contributed by atoms with E-state index >= 15 is 0 Å². The SMILES string of the molecule is CC(O)C(=O)[O-].CC(O)C(=O)[O-].CC(O)C(=O)[O-].CC(O)C(=O)[O-].CC(O)C(=O)[O-].[NH4+].[Zr+4]. The molecule has 9 N–H and O–H groups in total. The number of aliphatic hydroxyl groups is 5. The van der Waals surface area contributed by atoms with Gasteiger partial charge in [-0.25, -0.2) is 0 Å². The molecule has 0 heterocycles. The Hall–Kier alpha value is -2.01. The van der Waals surface area contributed by atoms with Gasteiger partial charge in [0.2, 0.25) is 0 Å². The van der Waals surface area contributed by atoms with Gasteiger partial charge < -0.3 is 81.2 Å². The Kier molecular flexibility index (Phi) is 43.2. The van der Waals surface area contributed by atoms with Crippen LogP contribution in [0.15, 0.2) is 0 Å². The molecule has 0 amide bonds. The van der Waals surface area contributed by atoms with Crippen molar-refractivity contribution in [2.24, 2.45) is 0 Å². The molecular formula is C15H29NO15Zr. The third kappa shape index (κ3) is 63.0. The van der Waals surface area contributed by atoms with Gasteiger partial charge in [-0.3, -0.25) is 0 Å². The van der Waals surface area contributed by atoms with Gasteiger partial charge in [0.15, 0.2) is 0 Å². The smallest absolute Gasteiger partial charge is 0.547 e. The van der Waals surface area contributed by atoms with Crippen LogP contribution >= 0.6 is 0 Å². The van der Waals surface area contributed by atoms with Gasteiger partial charge in [0.1, 0.15) is 0 Å². The number of aliphatic hydroxyl groups excluding tert-OH is 5. The molecular weight excluding hydrogens is 525 g/mol. The molecule has 0 aromatic heterocycles. The van der Waals surface area contributed by atoms with Crippen molar-refractivity contribution < 1.29 is 101 Å². The van der Waals surface area contributed by atoms with Gasteiger partial charge in [-0.1, -0.05) is 0 Å². The summed E-state index contributed by atoms with van der Waals surface area (Å²) in [6.45, 7) is 5.67. The second-order valence-electron chi connectivity index (χ2n) is 4.98. The summed E-state index contributed by atoms with van der Waals surface area (Å²) in [6.07, 6.45) is -6.71. The second kappa shape index (κ2) is 29.0. The van der Waals surface area contributed by atoms with Crippen LogP contribution in [0.25, 0.3) is 0 Å². The predicted octanol–water partition coefficient (Wildman–Crippen LogP) is -9.04. The van der Waals surface area contributed by atoms with E-state index in [1.54, 1.807) is 0 Å². The van der Waals surface area contributed by atoms with Gasteiger partial charge in [0, 0.05) is 0 Å². The van der Waals surface area contributed by atoms with E-state index < -0.39 is 60.4 Å². The molecule has 188 valence electrons. The van der Waals surface area contributed by atoms with Crippen molar-refractivity contribution in [3.8, 4) is 0 Å². The third-order valence-corrected chi connectivity index (χ3v) is 1.71. The van der Waals surface area contributed by atoms with Crippen molar-refractivity contribution in [2.75, 3.05) is 0 Å². The molecule has 0 aliphatic carbocycles. The molecule has 0 fully saturated rings. The zero-order valence-electron chi connectivity index (χ0n) is 18.2. The minimum atomic E-state index is -1.44. The zero-order chi connectivity index (χ0) is 25.8. The number of rotatable bonds is 5. The Morgan fingerprint density at radius 3 is 0.469 bits per heavy atom. The van der Waals surface area contributed by atoms with Crippen LogP contribution in [0.1, 0.15) is 34.6 Å². The fourth-order valence-electron chi connectivity index (χ4n) is 0. The first kappa shape index (κ1) is 47.7. The van der Waals surface area contributed by atoms with Gasteiger partial charge in [0.25, 0.3) is 0 Å². The molecule has 0 rings (SSSR count). The van der Waals surface area contributed by atoms with E-state index in [0.717, 1.165) is 34.6 Å². The van der Waals surface area contributed by atoms with Crippen LogP contribution in [-0.2, 0) is 50.2 Å². The fraction of sp³-hybridized carbons (Fsp3) is 0.667. The summed E-state index contributed by atoms with van der Waals surface area (Å²) < 4.78 is 0. The standard InChI is InChI=1S/5C3H6O3.H3N.Zr/c5*1-2(4)3(5)6;;/h5*2,4H,1H3,(H,5,6);1H3;/q;;;;;;+4/p-4. The first-order chi connectivity index (χ1) is 13.2. The maximum Gasteiger partial charge on any atom is 4.00 e. The van der Waals surface area contributed by atoms with Crippen molar-refractivity contribution in [1.82, 2.24) is 6.15 Å². The largest absolute Gasteiger partial charge is 4.00 e. The second-order valence-corrected chi connectivity index (χ2v) is 4.98. The summed E-state index contributed by atoms with van der Waals surface area (Å²) in [7, 11) is 0. The van der Waals surface area contributed by atoms with E-state index in [1.807, 2.05) is 0 Å². The first-order valence-electron chi connectivity index (χ1n) is 7.66. The summed E-state index contributed by atoms with van der Waals surface area (Å²) in [6, 6.07) is 0. The summed E-state index contributed by atoms with van der Waals surface area (Å²) in [4.78, 5) is 46.7. The molecule has 17 heteroatoms. The molecule has 0 radical (unpaired) electrons.